The molecule has 0 aliphatic carbocycles. The van der Waals surface area contributed by atoms with Gasteiger partial charge in [0.15, 0.2) is 5.96 Å². The quantitative estimate of drug-likeness (QED) is 0.449. The number of rotatable bonds is 6. The Morgan fingerprint density at radius 2 is 1.85 bits per heavy atom. The zero-order valence-corrected chi connectivity index (χ0v) is 17.5. The van der Waals surface area contributed by atoms with Gasteiger partial charge in [-0.05, 0) is 41.0 Å². The number of carbonyl (C=O) groups excluding carboxylic acids is 1. The first kappa shape index (κ1) is 22.5. The fourth-order valence-electron chi connectivity index (χ4n) is 2.39. The third kappa shape index (κ3) is 8.22. The largest absolute Gasteiger partial charge is 0.444 e. The summed E-state index contributed by atoms with van der Waals surface area (Å²) in [4.78, 5) is 16.0. The topological polar surface area (TPSA) is 112 Å². The van der Waals surface area contributed by atoms with Crippen LogP contribution in [-0.2, 0) is 14.8 Å². The molecule has 1 saturated heterocycles. The van der Waals surface area contributed by atoms with Crippen LogP contribution in [0.25, 0.3) is 0 Å². The summed E-state index contributed by atoms with van der Waals surface area (Å²) >= 11 is 0. The molecule has 1 heterocycles. The number of ether oxygens (including phenoxy) is 1. The maximum Gasteiger partial charge on any atom is 0.408 e. The van der Waals surface area contributed by atoms with Crippen molar-refractivity contribution in [3.8, 4) is 0 Å². The second kappa shape index (κ2) is 8.90. The van der Waals surface area contributed by atoms with Crippen molar-refractivity contribution in [2.45, 2.75) is 52.2 Å². The molecule has 0 unspecified atom stereocenters. The van der Waals surface area contributed by atoms with E-state index in [0.29, 0.717) is 38.6 Å². The molecule has 3 N–H and O–H groups in total. The molecule has 0 bridgehead atoms. The van der Waals surface area contributed by atoms with Gasteiger partial charge in [0.25, 0.3) is 0 Å². The highest BCUT2D eigenvalue weighted by atomic mass is 32.2. The number of hydrogen-bond donors (Lipinski definition) is 3. The van der Waals surface area contributed by atoms with Crippen molar-refractivity contribution >= 4 is 22.1 Å². The number of aliphatic imine (C=N–C) groups is 1. The summed E-state index contributed by atoms with van der Waals surface area (Å²) < 4.78 is 30.3. The second-order valence-corrected chi connectivity index (χ2v) is 10.0. The third-order valence-corrected chi connectivity index (χ3v) is 5.57. The molecule has 26 heavy (non-hydrogen) atoms. The van der Waals surface area contributed by atoms with Crippen molar-refractivity contribution in [2.75, 3.05) is 39.0 Å². The first-order chi connectivity index (χ1) is 11.8. The molecule has 0 aromatic rings. The predicted molar refractivity (Wildman–Crippen MR) is 103 cm³/mol. The Morgan fingerprint density at radius 3 is 2.35 bits per heavy atom. The van der Waals surface area contributed by atoms with E-state index in [-0.39, 0.29) is 5.75 Å². The monoisotopic (exact) mass is 391 g/mol. The van der Waals surface area contributed by atoms with Crippen molar-refractivity contribution in [2.24, 2.45) is 4.99 Å². The molecule has 0 radical (unpaired) electrons. The maximum atomic E-state index is 11.9. The van der Waals surface area contributed by atoms with Gasteiger partial charge in [0, 0.05) is 33.2 Å². The lowest BCUT2D eigenvalue weighted by atomic mass is 10.1. The smallest absolute Gasteiger partial charge is 0.408 e. The van der Waals surface area contributed by atoms with Gasteiger partial charge in [0.2, 0.25) is 10.0 Å². The van der Waals surface area contributed by atoms with Crippen LogP contribution in [0.3, 0.4) is 0 Å². The van der Waals surface area contributed by atoms with E-state index in [1.54, 1.807) is 7.05 Å². The third-order valence-electron chi connectivity index (χ3n) is 3.62. The van der Waals surface area contributed by atoms with Gasteiger partial charge in [0.05, 0.1) is 11.3 Å². The molecule has 0 aromatic carbocycles. The van der Waals surface area contributed by atoms with Crippen LogP contribution in [0.1, 0.15) is 41.0 Å². The van der Waals surface area contributed by atoms with Gasteiger partial charge in [-0.15, -0.1) is 0 Å². The van der Waals surface area contributed by atoms with Crippen LogP contribution in [0.2, 0.25) is 0 Å². The molecule has 0 atom stereocenters. The van der Waals surface area contributed by atoms with E-state index in [1.807, 2.05) is 34.6 Å². The summed E-state index contributed by atoms with van der Waals surface area (Å²) in [6, 6.07) is 0. The SMILES string of the molecule is CN=C(NCCN1CCCS1(=O)=O)NCC(C)(C)NC(=O)OC(C)(C)C. The summed E-state index contributed by atoms with van der Waals surface area (Å²) in [5.41, 5.74) is -1.11. The van der Waals surface area contributed by atoms with E-state index in [0.717, 1.165) is 0 Å². The lowest BCUT2D eigenvalue weighted by molar-refractivity contribution is 0.0474. The average Bonchev–Trinajstić information content (AvgIpc) is 2.78. The van der Waals surface area contributed by atoms with Crippen molar-refractivity contribution in [1.82, 2.24) is 20.3 Å². The minimum atomic E-state index is -3.08. The number of alkyl carbamates (subject to hydrolysis) is 1. The first-order valence-electron chi connectivity index (χ1n) is 8.78. The van der Waals surface area contributed by atoms with E-state index in [9.17, 15) is 13.2 Å². The highest BCUT2D eigenvalue weighted by Gasteiger charge is 2.28. The summed E-state index contributed by atoms with van der Waals surface area (Å²) in [5.74, 6) is 0.769. The van der Waals surface area contributed by atoms with Crippen LogP contribution in [0.15, 0.2) is 4.99 Å². The molecule has 152 valence electrons. The lowest BCUT2D eigenvalue weighted by Gasteiger charge is -2.29. The molecule has 9 nitrogen and oxygen atoms in total. The van der Waals surface area contributed by atoms with Crippen molar-refractivity contribution < 1.29 is 17.9 Å². The van der Waals surface area contributed by atoms with Crippen molar-refractivity contribution in [3.63, 3.8) is 0 Å². The molecular weight excluding hydrogens is 358 g/mol. The minimum absolute atomic E-state index is 0.227. The number of nitrogens with zero attached hydrogens (tertiary/aromatic N) is 2. The average molecular weight is 392 g/mol. The van der Waals surface area contributed by atoms with Gasteiger partial charge >= 0.3 is 6.09 Å². The summed E-state index contributed by atoms with van der Waals surface area (Å²) in [6.07, 6.45) is 0.200. The van der Waals surface area contributed by atoms with Gasteiger partial charge in [0.1, 0.15) is 5.60 Å². The molecule has 1 amide bonds. The Labute approximate surface area is 157 Å². The Bertz CT molecular complexity index is 611. The fourth-order valence-corrected chi connectivity index (χ4v) is 3.92. The van der Waals surface area contributed by atoms with E-state index < -0.39 is 27.3 Å². The van der Waals surface area contributed by atoms with Crippen LogP contribution >= 0.6 is 0 Å². The van der Waals surface area contributed by atoms with Crippen molar-refractivity contribution in [3.05, 3.63) is 0 Å². The first-order valence-corrected chi connectivity index (χ1v) is 10.4. The number of sulfonamides is 1. The number of carbonyl (C=O) groups is 1. The van der Waals surface area contributed by atoms with Crippen LogP contribution < -0.4 is 16.0 Å². The van der Waals surface area contributed by atoms with E-state index in [2.05, 4.69) is 20.9 Å². The molecule has 1 fully saturated rings. The minimum Gasteiger partial charge on any atom is -0.444 e. The highest BCUT2D eigenvalue weighted by Crippen LogP contribution is 2.12. The standard InChI is InChI=1S/C16H33N5O4S/c1-15(2,3)25-14(22)20-16(4,5)12-19-13(17-6)18-8-10-21-9-7-11-26(21,23)24/h7-12H2,1-6H3,(H,20,22)(H2,17,18,19). The molecule has 1 aliphatic rings. The van der Waals surface area contributed by atoms with Gasteiger partial charge < -0.3 is 20.7 Å². The lowest BCUT2D eigenvalue weighted by Crippen LogP contribution is -2.54. The maximum absolute atomic E-state index is 11.9. The van der Waals surface area contributed by atoms with Crippen LogP contribution in [0, 0.1) is 0 Å². The van der Waals surface area contributed by atoms with Crippen LogP contribution in [-0.4, -0.2) is 74.9 Å². The summed E-state index contributed by atoms with van der Waals surface area (Å²) in [7, 11) is -1.45. The summed E-state index contributed by atoms with van der Waals surface area (Å²) in [6.45, 7) is 11.0. The molecule has 1 aliphatic heterocycles. The van der Waals surface area contributed by atoms with E-state index >= 15 is 0 Å². The van der Waals surface area contributed by atoms with Crippen LogP contribution in [0.5, 0.6) is 0 Å². The summed E-state index contributed by atoms with van der Waals surface area (Å²) in [5, 5.41) is 9.02. The van der Waals surface area contributed by atoms with Gasteiger partial charge in [-0.25, -0.2) is 17.5 Å². The molecule has 10 heteroatoms. The number of hydrogen-bond acceptors (Lipinski definition) is 5. The fraction of sp³-hybridized carbons (Fsp3) is 0.875. The number of amides is 1. The molecule has 0 saturated carbocycles. The highest BCUT2D eigenvalue weighted by molar-refractivity contribution is 7.89. The zero-order chi connectivity index (χ0) is 20.0. The Kier molecular flexibility index (Phi) is 7.70. The number of guanidine groups is 1. The van der Waals surface area contributed by atoms with E-state index in [1.165, 1.54) is 4.31 Å². The molecule has 0 aromatic heterocycles. The number of nitrogens with one attached hydrogen (secondary N) is 3. The van der Waals surface area contributed by atoms with Gasteiger partial charge in [-0.1, -0.05) is 0 Å². The van der Waals surface area contributed by atoms with Crippen molar-refractivity contribution in [1.29, 1.82) is 0 Å². The molecular formula is C16H33N5O4S. The van der Waals surface area contributed by atoms with E-state index in [4.69, 9.17) is 4.74 Å². The predicted octanol–water partition coefficient (Wildman–Crippen LogP) is 0.490. The normalized spacial score (nSPS) is 18.5. The Hall–Kier alpha value is -1.55. The zero-order valence-electron chi connectivity index (χ0n) is 16.7. The molecule has 1 rings (SSSR count). The van der Waals surface area contributed by atoms with Gasteiger partial charge in [-0.2, -0.15) is 0 Å². The van der Waals surface area contributed by atoms with Gasteiger partial charge in [-0.3, -0.25) is 4.99 Å². The van der Waals surface area contributed by atoms with Crippen LogP contribution in [0.4, 0.5) is 4.79 Å². The molecule has 0 spiro atoms. The Balaban J connectivity index is 2.39. The Morgan fingerprint density at radius 1 is 1.19 bits per heavy atom. The second-order valence-electron chi connectivity index (χ2n) is 7.93.